The van der Waals surface area contributed by atoms with Crippen LogP contribution in [0.3, 0.4) is 0 Å². The minimum absolute atomic E-state index is 0.0624. The summed E-state index contributed by atoms with van der Waals surface area (Å²) in [6.45, 7) is 2.19. The van der Waals surface area contributed by atoms with Crippen molar-refractivity contribution in [3.63, 3.8) is 0 Å². The first-order chi connectivity index (χ1) is 9.08. The SMILES string of the molecule is CC1CCC(n2nc(C(=O)O)c3c(N)ncnc32)C1. The molecule has 0 radical (unpaired) electrons. The van der Waals surface area contributed by atoms with Crippen LogP contribution in [-0.2, 0) is 0 Å². The van der Waals surface area contributed by atoms with E-state index in [0.717, 1.165) is 19.3 Å². The van der Waals surface area contributed by atoms with Gasteiger partial charge in [0.15, 0.2) is 11.3 Å². The number of fused-ring (bicyclic) bond motifs is 1. The van der Waals surface area contributed by atoms with E-state index in [9.17, 15) is 9.90 Å². The molecule has 2 aromatic rings. The number of aromatic nitrogens is 4. The molecule has 2 unspecified atom stereocenters. The average Bonchev–Trinajstić information content (AvgIpc) is 2.93. The molecule has 0 saturated heterocycles. The number of nitrogens with two attached hydrogens (primary N) is 1. The van der Waals surface area contributed by atoms with Crippen molar-refractivity contribution in [3.8, 4) is 0 Å². The Morgan fingerprint density at radius 1 is 1.47 bits per heavy atom. The molecule has 2 atom stereocenters. The number of hydrogen-bond donors (Lipinski definition) is 2. The Morgan fingerprint density at radius 3 is 2.89 bits per heavy atom. The summed E-state index contributed by atoms with van der Waals surface area (Å²) in [6, 6.07) is 0.194. The molecule has 7 heteroatoms. The van der Waals surface area contributed by atoms with Crippen LogP contribution in [0.4, 0.5) is 5.82 Å². The van der Waals surface area contributed by atoms with E-state index in [1.807, 2.05) is 0 Å². The maximum Gasteiger partial charge on any atom is 0.357 e. The maximum absolute atomic E-state index is 11.3. The molecule has 1 fully saturated rings. The number of anilines is 1. The van der Waals surface area contributed by atoms with Crippen molar-refractivity contribution in [1.29, 1.82) is 0 Å². The summed E-state index contributed by atoms with van der Waals surface area (Å²) < 4.78 is 1.71. The molecule has 1 aliphatic rings. The van der Waals surface area contributed by atoms with Gasteiger partial charge in [0.1, 0.15) is 12.1 Å². The molecule has 0 aromatic carbocycles. The Balaban J connectivity index is 2.20. The third kappa shape index (κ3) is 1.81. The van der Waals surface area contributed by atoms with E-state index in [-0.39, 0.29) is 17.6 Å². The van der Waals surface area contributed by atoms with E-state index in [4.69, 9.17) is 5.73 Å². The summed E-state index contributed by atoms with van der Waals surface area (Å²) >= 11 is 0. The minimum atomic E-state index is -1.10. The summed E-state index contributed by atoms with van der Waals surface area (Å²) in [7, 11) is 0. The standard InChI is InChI=1S/C12H15N5O2/c1-6-2-3-7(4-6)17-11-8(9(16-17)12(18)19)10(13)14-5-15-11/h5-7H,2-4H2,1H3,(H,18,19)(H2,13,14,15). The zero-order valence-corrected chi connectivity index (χ0v) is 10.6. The van der Waals surface area contributed by atoms with Gasteiger partial charge in [0.05, 0.1) is 11.4 Å². The lowest BCUT2D eigenvalue weighted by molar-refractivity contribution is 0.0691. The predicted molar refractivity (Wildman–Crippen MR) is 68.7 cm³/mol. The summed E-state index contributed by atoms with van der Waals surface area (Å²) in [5, 5.41) is 13.8. The smallest absolute Gasteiger partial charge is 0.357 e. The average molecular weight is 261 g/mol. The Labute approximate surface area is 109 Å². The Kier molecular flexibility index (Phi) is 2.62. The molecule has 2 aromatic heterocycles. The normalized spacial score (nSPS) is 23.0. The second-order valence-corrected chi connectivity index (χ2v) is 5.13. The fourth-order valence-corrected chi connectivity index (χ4v) is 2.80. The van der Waals surface area contributed by atoms with Crippen LogP contribution in [0, 0.1) is 5.92 Å². The van der Waals surface area contributed by atoms with Crippen LogP contribution in [0.15, 0.2) is 6.33 Å². The first kappa shape index (κ1) is 11.9. The highest BCUT2D eigenvalue weighted by Crippen LogP contribution is 2.36. The number of hydrogen-bond acceptors (Lipinski definition) is 5. The van der Waals surface area contributed by atoms with Gasteiger partial charge in [-0.25, -0.2) is 19.4 Å². The number of nitrogens with zero attached hydrogens (tertiary/aromatic N) is 4. The van der Waals surface area contributed by atoms with Crippen molar-refractivity contribution in [2.45, 2.75) is 32.2 Å². The summed E-state index contributed by atoms with van der Waals surface area (Å²) in [6.07, 6.45) is 4.44. The lowest BCUT2D eigenvalue weighted by Crippen LogP contribution is -2.09. The van der Waals surface area contributed by atoms with Gasteiger partial charge in [-0.05, 0) is 25.2 Å². The molecular formula is C12H15N5O2. The van der Waals surface area contributed by atoms with E-state index in [1.54, 1.807) is 4.68 Å². The molecule has 0 amide bonds. The van der Waals surface area contributed by atoms with Gasteiger partial charge in [0, 0.05) is 0 Å². The van der Waals surface area contributed by atoms with Crippen LogP contribution < -0.4 is 5.73 Å². The number of carboxylic acids is 1. The third-order valence-electron chi connectivity index (χ3n) is 3.73. The number of nitrogen functional groups attached to an aromatic ring is 1. The molecule has 2 heterocycles. The summed E-state index contributed by atoms with van der Waals surface area (Å²) in [4.78, 5) is 19.3. The number of aromatic carboxylic acids is 1. The van der Waals surface area contributed by atoms with Crippen molar-refractivity contribution in [3.05, 3.63) is 12.0 Å². The first-order valence-corrected chi connectivity index (χ1v) is 6.30. The zero-order chi connectivity index (χ0) is 13.6. The zero-order valence-electron chi connectivity index (χ0n) is 10.6. The van der Waals surface area contributed by atoms with Gasteiger partial charge in [0.2, 0.25) is 0 Å². The highest BCUT2D eigenvalue weighted by Gasteiger charge is 2.28. The number of rotatable bonds is 2. The van der Waals surface area contributed by atoms with Gasteiger partial charge in [-0.1, -0.05) is 6.92 Å². The monoisotopic (exact) mass is 261 g/mol. The Morgan fingerprint density at radius 2 is 2.26 bits per heavy atom. The van der Waals surface area contributed by atoms with Crippen molar-refractivity contribution < 1.29 is 9.90 Å². The van der Waals surface area contributed by atoms with Crippen molar-refractivity contribution in [2.24, 2.45) is 5.92 Å². The molecule has 0 spiro atoms. The largest absolute Gasteiger partial charge is 0.476 e. The second kappa shape index (κ2) is 4.18. The molecule has 0 bridgehead atoms. The van der Waals surface area contributed by atoms with Gasteiger partial charge < -0.3 is 10.8 Å². The minimum Gasteiger partial charge on any atom is -0.476 e. The lowest BCUT2D eigenvalue weighted by atomic mass is 10.1. The molecule has 100 valence electrons. The fourth-order valence-electron chi connectivity index (χ4n) is 2.80. The van der Waals surface area contributed by atoms with E-state index >= 15 is 0 Å². The molecular weight excluding hydrogens is 246 g/mol. The molecule has 1 saturated carbocycles. The molecule has 3 rings (SSSR count). The predicted octanol–water partition coefficient (Wildman–Crippen LogP) is 1.47. The highest BCUT2D eigenvalue weighted by atomic mass is 16.4. The molecule has 3 N–H and O–H groups in total. The van der Waals surface area contributed by atoms with E-state index in [1.165, 1.54) is 6.33 Å². The first-order valence-electron chi connectivity index (χ1n) is 6.30. The van der Waals surface area contributed by atoms with Gasteiger partial charge in [0.25, 0.3) is 0 Å². The van der Waals surface area contributed by atoms with E-state index < -0.39 is 5.97 Å². The topological polar surface area (TPSA) is 107 Å². The molecule has 7 nitrogen and oxygen atoms in total. The van der Waals surface area contributed by atoms with Crippen LogP contribution in [-0.4, -0.2) is 30.8 Å². The fraction of sp³-hybridized carbons (Fsp3) is 0.500. The van der Waals surface area contributed by atoms with Crippen LogP contribution in [0.25, 0.3) is 11.0 Å². The highest BCUT2D eigenvalue weighted by molar-refractivity contribution is 6.04. The van der Waals surface area contributed by atoms with Crippen LogP contribution >= 0.6 is 0 Å². The van der Waals surface area contributed by atoms with Gasteiger partial charge in [-0.2, -0.15) is 5.10 Å². The lowest BCUT2D eigenvalue weighted by Gasteiger charge is -2.10. The van der Waals surface area contributed by atoms with Crippen LogP contribution in [0.1, 0.15) is 42.7 Å². The third-order valence-corrected chi connectivity index (χ3v) is 3.73. The molecule has 0 aliphatic heterocycles. The van der Waals surface area contributed by atoms with Gasteiger partial charge in [-0.15, -0.1) is 0 Å². The van der Waals surface area contributed by atoms with Crippen molar-refractivity contribution in [1.82, 2.24) is 19.7 Å². The van der Waals surface area contributed by atoms with E-state index in [0.29, 0.717) is 17.0 Å². The summed E-state index contributed by atoms with van der Waals surface area (Å²) in [5.41, 5.74) is 6.22. The van der Waals surface area contributed by atoms with Crippen LogP contribution in [0.5, 0.6) is 0 Å². The summed E-state index contributed by atoms with van der Waals surface area (Å²) in [5.74, 6) is -0.312. The van der Waals surface area contributed by atoms with Gasteiger partial charge >= 0.3 is 5.97 Å². The Bertz CT molecular complexity index is 651. The van der Waals surface area contributed by atoms with Crippen molar-refractivity contribution >= 4 is 22.8 Å². The molecule has 19 heavy (non-hydrogen) atoms. The number of carboxylic acid groups (broad SMARTS) is 1. The maximum atomic E-state index is 11.3. The van der Waals surface area contributed by atoms with Crippen molar-refractivity contribution in [2.75, 3.05) is 5.73 Å². The van der Waals surface area contributed by atoms with E-state index in [2.05, 4.69) is 22.0 Å². The quantitative estimate of drug-likeness (QED) is 0.847. The Hall–Kier alpha value is -2.18. The number of carbonyl (C=O) groups is 1. The van der Waals surface area contributed by atoms with Gasteiger partial charge in [-0.3, -0.25) is 0 Å². The molecule has 1 aliphatic carbocycles. The van der Waals surface area contributed by atoms with Crippen LogP contribution in [0.2, 0.25) is 0 Å². The second-order valence-electron chi connectivity index (χ2n) is 5.13.